The standard InChI is InChI=1S/C21H29F2N7O2/c1-14-11-16(23)17(12-15(14)22)26-21(32)28-20-25-13-18(19(31)27-20)30-9-7-29(8-10-30)6-4-2-3-5-24/h11-13H,2-10,24H2,1H3,(H3,25,26,27,28,31,32). The zero-order chi connectivity index (χ0) is 23.1. The van der Waals surface area contributed by atoms with Gasteiger partial charge in [0.1, 0.15) is 17.3 Å². The van der Waals surface area contributed by atoms with Crippen molar-refractivity contribution >= 4 is 23.4 Å². The smallest absolute Gasteiger partial charge is 0.326 e. The Labute approximate surface area is 185 Å². The van der Waals surface area contributed by atoms with Crippen molar-refractivity contribution in [2.75, 3.05) is 54.8 Å². The van der Waals surface area contributed by atoms with Crippen LogP contribution in [0.1, 0.15) is 24.8 Å². The van der Waals surface area contributed by atoms with Crippen LogP contribution in [0.15, 0.2) is 23.1 Å². The summed E-state index contributed by atoms with van der Waals surface area (Å²) in [7, 11) is 0. The highest BCUT2D eigenvalue weighted by Gasteiger charge is 2.20. The predicted octanol–water partition coefficient (Wildman–Crippen LogP) is 2.25. The first kappa shape index (κ1) is 23.6. The fraction of sp³-hybridized carbons (Fsp3) is 0.476. The topological polar surface area (TPSA) is 119 Å². The Morgan fingerprint density at radius 2 is 1.88 bits per heavy atom. The van der Waals surface area contributed by atoms with Gasteiger partial charge >= 0.3 is 6.03 Å². The molecule has 1 aliphatic rings. The van der Waals surface area contributed by atoms with Gasteiger partial charge in [-0.2, -0.15) is 0 Å². The number of urea groups is 1. The largest absolute Gasteiger partial charge is 0.363 e. The van der Waals surface area contributed by atoms with E-state index < -0.39 is 17.7 Å². The highest BCUT2D eigenvalue weighted by molar-refractivity contribution is 5.98. The van der Waals surface area contributed by atoms with Gasteiger partial charge in [0.25, 0.3) is 5.56 Å². The SMILES string of the molecule is Cc1cc(F)c(NC(=O)Nc2ncc(N3CCN(CCCCCN)CC3)c(=O)[nH]2)cc1F. The monoisotopic (exact) mass is 449 g/mol. The summed E-state index contributed by atoms with van der Waals surface area (Å²) in [4.78, 5) is 35.5. The van der Waals surface area contributed by atoms with Gasteiger partial charge in [0.2, 0.25) is 5.95 Å². The molecule has 2 heterocycles. The molecule has 1 saturated heterocycles. The van der Waals surface area contributed by atoms with Gasteiger partial charge in [-0.1, -0.05) is 6.42 Å². The normalized spacial score (nSPS) is 14.4. The summed E-state index contributed by atoms with van der Waals surface area (Å²) < 4.78 is 27.5. The second-order valence-electron chi connectivity index (χ2n) is 7.78. The molecular weight excluding hydrogens is 420 g/mol. The van der Waals surface area contributed by atoms with Crippen LogP contribution in [0.4, 0.5) is 30.9 Å². The summed E-state index contributed by atoms with van der Waals surface area (Å²) in [6.45, 7) is 6.26. The van der Waals surface area contributed by atoms with E-state index in [1.54, 1.807) is 0 Å². The highest BCUT2D eigenvalue weighted by atomic mass is 19.1. The van der Waals surface area contributed by atoms with Crippen molar-refractivity contribution in [1.82, 2.24) is 14.9 Å². The molecule has 0 aliphatic carbocycles. The molecule has 0 bridgehead atoms. The van der Waals surface area contributed by atoms with Crippen molar-refractivity contribution in [3.8, 4) is 0 Å². The van der Waals surface area contributed by atoms with Crippen molar-refractivity contribution in [3.05, 3.63) is 45.9 Å². The second kappa shape index (κ2) is 11.0. The van der Waals surface area contributed by atoms with E-state index in [0.717, 1.165) is 57.6 Å². The number of unbranched alkanes of at least 4 members (excludes halogenated alkanes) is 2. The number of piperazine rings is 1. The van der Waals surface area contributed by atoms with Crippen molar-refractivity contribution < 1.29 is 13.6 Å². The minimum Gasteiger partial charge on any atom is -0.363 e. The summed E-state index contributed by atoms with van der Waals surface area (Å²) >= 11 is 0. The number of aryl methyl sites for hydroxylation is 1. The van der Waals surface area contributed by atoms with Crippen molar-refractivity contribution in [2.24, 2.45) is 5.73 Å². The number of amides is 2. The highest BCUT2D eigenvalue weighted by Crippen LogP contribution is 2.19. The Hall–Kier alpha value is -3.05. The summed E-state index contributed by atoms with van der Waals surface area (Å²) in [5, 5.41) is 4.53. The lowest BCUT2D eigenvalue weighted by molar-refractivity contribution is 0.252. The number of anilines is 3. The number of nitrogens with one attached hydrogen (secondary N) is 3. The molecule has 1 aromatic heterocycles. The predicted molar refractivity (Wildman–Crippen MR) is 120 cm³/mol. The summed E-state index contributed by atoms with van der Waals surface area (Å²) in [5.74, 6) is -1.51. The number of H-pyrrole nitrogens is 1. The molecule has 2 aromatic rings. The Balaban J connectivity index is 1.54. The first-order valence-corrected chi connectivity index (χ1v) is 10.7. The Morgan fingerprint density at radius 3 is 2.56 bits per heavy atom. The molecule has 3 rings (SSSR count). The van der Waals surface area contributed by atoms with Crippen molar-refractivity contribution in [3.63, 3.8) is 0 Å². The number of benzene rings is 1. The molecule has 0 unspecified atom stereocenters. The third-order valence-corrected chi connectivity index (χ3v) is 5.40. The van der Waals surface area contributed by atoms with Gasteiger partial charge in [-0.25, -0.2) is 18.6 Å². The van der Waals surface area contributed by atoms with Crippen LogP contribution < -0.4 is 26.8 Å². The average Bonchev–Trinajstić information content (AvgIpc) is 2.76. The van der Waals surface area contributed by atoms with Crippen LogP contribution in [0.3, 0.4) is 0 Å². The van der Waals surface area contributed by atoms with E-state index in [9.17, 15) is 18.4 Å². The Bertz CT molecular complexity index is 991. The molecule has 0 radical (unpaired) electrons. The van der Waals surface area contributed by atoms with Crippen LogP contribution in [0.25, 0.3) is 0 Å². The number of hydrogen-bond donors (Lipinski definition) is 4. The number of nitrogens with zero attached hydrogens (tertiary/aromatic N) is 3. The number of aromatic amines is 1. The molecule has 2 amide bonds. The number of hydrogen-bond acceptors (Lipinski definition) is 6. The quantitative estimate of drug-likeness (QED) is 0.459. The number of halogens is 2. The molecule has 5 N–H and O–H groups in total. The fourth-order valence-corrected chi connectivity index (χ4v) is 3.55. The van der Waals surface area contributed by atoms with Gasteiger partial charge in [0.15, 0.2) is 0 Å². The first-order chi connectivity index (χ1) is 15.4. The molecular formula is C21H29F2N7O2. The average molecular weight is 450 g/mol. The number of carbonyl (C=O) groups excluding carboxylic acids is 1. The van der Waals surface area contributed by atoms with E-state index in [2.05, 4.69) is 25.5 Å². The Morgan fingerprint density at radius 1 is 1.12 bits per heavy atom. The lowest BCUT2D eigenvalue weighted by atomic mass is 10.2. The molecule has 1 aliphatic heterocycles. The zero-order valence-electron chi connectivity index (χ0n) is 18.1. The summed E-state index contributed by atoms with van der Waals surface area (Å²) in [5.41, 5.74) is 5.36. The molecule has 11 heteroatoms. The summed E-state index contributed by atoms with van der Waals surface area (Å²) in [6, 6.07) is 1.02. The van der Waals surface area contributed by atoms with Crippen LogP contribution >= 0.6 is 0 Å². The molecule has 0 atom stereocenters. The maximum atomic E-state index is 13.9. The fourth-order valence-electron chi connectivity index (χ4n) is 3.55. The Kier molecular flexibility index (Phi) is 8.12. The molecule has 0 saturated carbocycles. The number of aromatic nitrogens is 2. The van der Waals surface area contributed by atoms with E-state index >= 15 is 0 Å². The molecule has 174 valence electrons. The van der Waals surface area contributed by atoms with Crippen LogP contribution in [0.2, 0.25) is 0 Å². The third kappa shape index (κ3) is 6.24. The van der Waals surface area contributed by atoms with Gasteiger partial charge in [-0.15, -0.1) is 0 Å². The van der Waals surface area contributed by atoms with Crippen LogP contribution in [0.5, 0.6) is 0 Å². The number of rotatable bonds is 8. The minimum absolute atomic E-state index is 0.0946. The lowest BCUT2D eigenvalue weighted by Gasteiger charge is -2.35. The second-order valence-corrected chi connectivity index (χ2v) is 7.78. The van der Waals surface area contributed by atoms with Gasteiger partial charge < -0.3 is 16.0 Å². The third-order valence-electron chi connectivity index (χ3n) is 5.40. The van der Waals surface area contributed by atoms with Crippen molar-refractivity contribution in [2.45, 2.75) is 26.2 Å². The van der Waals surface area contributed by atoms with Gasteiger partial charge in [0.05, 0.1) is 11.9 Å². The van der Waals surface area contributed by atoms with Crippen LogP contribution in [0, 0.1) is 18.6 Å². The lowest BCUT2D eigenvalue weighted by Crippen LogP contribution is -2.48. The summed E-state index contributed by atoms with van der Waals surface area (Å²) in [6.07, 6.45) is 4.67. The number of carbonyl (C=O) groups is 1. The molecule has 1 aromatic carbocycles. The van der Waals surface area contributed by atoms with Crippen LogP contribution in [-0.2, 0) is 0 Å². The molecule has 32 heavy (non-hydrogen) atoms. The maximum absolute atomic E-state index is 13.9. The minimum atomic E-state index is -0.855. The maximum Gasteiger partial charge on any atom is 0.326 e. The van der Waals surface area contributed by atoms with E-state index in [1.807, 2.05) is 4.90 Å². The molecule has 0 spiro atoms. The van der Waals surface area contributed by atoms with E-state index in [1.165, 1.54) is 13.1 Å². The van der Waals surface area contributed by atoms with E-state index in [0.29, 0.717) is 18.8 Å². The van der Waals surface area contributed by atoms with E-state index in [-0.39, 0.29) is 22.8 Å². The van der Waals surface area contributed by atoms with Gasteiger partial charge in [-0.3, -0.25) is 20.0 Å². The molecule has 9 nitrogen and oxygen atoms in total. The molecule has 1 fully saturated rings. The first-order valence-electron chi connectivity index (χ1n) is 10.7. The van der Waals surface area contributed by atoms with Crippen LogP contribution in [-0.4, -0.2) is 60.2 Å². The van der Waals surface area contributed by atoms with Gasteiger partial charge in [-0.05, 0) is 44.5 Å². The van der Waals surface area contributed by atoms with Gasteiger partial charge in [0, 0.05) is 32.2 Å². The van der Waals surface area contributed by atoms with Crippen molar-refractivity contribution in [1.29, 1.82) is 0 Å². The van der Waals surface area contributed by atoms with E-state index in [4.69, 9.17) is 5.73 Å². The number of nitrogens with two attached hydrogens (primary N) is 1. The zero-order valence-corrected chi connectivity index (χ0v) is 18.1.